The Morgan fingerprint density at radius 1 is 1.18 bits per heavy atom. The van der Waals surface area contributed by atoms with E-state index in [0.29, 0.717) is 55.8 Å². The van der Waals surface area contributed by atoms with Crippen LogP contribution in [0.5, 0.6) is 5.75 Å². The van der Waals surface area contributed by atoms with E-state index in [1.165, 1.54) is 6.33 Å². The molecule has 34 heavy (non-hydrogen) atoms. The number of amides is 1. The van der Waals surface area contributed by atoms with E-state index in [0.717, 1.165) is 17.1 Å². The predicted molar refractivity (Wildman–Crippen MR) is 126 cm³/mol. The summed E-state index contributed by atoms with van der Waals surface area (Å²) in [5.74, 6) is 1.58. The number of carbonyl (C=O) groups is 2. The van der Waals surface area contributed by atoms with Crippen LogP contribution in [0, 0.1) is 6.92 Å². The van der Waals surface area contributed by atoms with Crippen LogP contribution in [0.4, 0.5) is 5.82 Å². The lowest BCUT2D eigenvalue weighted by Gasteiger charge is -2.37. The number of fused-ring (bicyclic) bond motifs is 1. The first-order chi connectivity index (χ1) is 16.5. The Morgan fingerprint density at radius 2 is 1.97 bits per heavy atom. The van der Waals surface area contributed by atoms with E-state index in [-0.39, 0.29) is 24.9 Å². The topological polar surface area (TPSA) is 102 Å². The summed E-state index contributed by atoms with van der Waals surface area (Å²) >= 11 is 5.97. The van der Waals surface area contributed by atoms with E-state index in [9.17, 15) is 9.59 Å². The van der Waals surface area contributed by atoms with Crippen LogP contribution in [-0.2, 0) is 20.7 Å². The van der Waals surface area contributed by atoms with Gasteiger partial charge in [-0.05, 0) is 38.5 Å². The molecule has 11 heteroatoms. The molecule has 1 fully saturated rings. The molecule has 1 aliphatic rings. The number of aryl methyl sites for hydroxylation is 1. The molecule has 0 bridgehead atoms. The molecule has 3 aromatic rings. The summed E-state index contributed by atoms with van der Waals surface area (Å²) in [6.07, 6.45) is 2.20. The molecule has 0 N–H and O–H groups in total. The maximum Gasteiger partial charge on any atom is 0.306 e. The average Bonchev–Trinajstić information content (AvgIpc) is 3.29. The first-order valence-corrected chi connectivity index (χ1v) is 11.6. The summed E-state index contributed by atoms with van der Waals surface area (Å²) in [4.78, 5) is 37.4. The number of rotatable bonds is 8. The van der Waals surface area contributed by atoms with Crippen molar-refractivity contribution in [3.63, 3.8) is 0 Å². The van der Waals surface area contributed by atoms with E-state index >= 15 is 0 Å². The Balaban J connectivity index is 1.44. The lowest BCUT2D eigenvalue weighted by Crippen LogP contribution is -2.50. The van der Waals surface area contributed by atoms with E-state index in [4.69, 9.17) is 21.1 Å². The van der Waals surface area contributed by atoms with Gasteiger partial charge in [0.15, 0.2) is 6.61 Å². The number of hydrogen-bond acceptors (Lipinski definition) is 8. The van der Waals surface area contributed by atoms with Crippen LogP contribution in [0.1, 0.15) is 24.6 Å². The molecule has 0 saturated carbocycles. The summed E-state index contributed by atoms with van der Waals surface area (Å²) < 4.78 is 12.4. The largest absolute Gasteiger partial charge is 0.484 e. The zero-order valence-corrected chi connectivity index (χ0v) is 20.0. The number of carbonyl (C=O) groups excluding carboxylic acids is 2. The van der Waals surface area contributed by atoms with Gasteiger partial charge in [-0.1, -0.05) is 17.7 Å². The molecule has 1 aromatic carbocycles. The summed E-state index contributed by atoms with van der Waals surface area (Å²) in [6.45, 7) is 6.28. The lowest BCUT2D eigenvalue weighted by atomic mass is 10.1. The van der Waals surface area contributed by atoms with Crippen molar-refractivity contribution in [1.29, 1.82) is 0 Å². The number of anilines is 1. The van der Waals surface area contributed by atoms with Gasteiger partial charge in [-0.2, -0.15) is 14.6 Å². The normalized spacial score (nSPS) is 13.9. The molecule has 0 spiro atoms. The van der Waals surface area contributed by atoms with Crippen molar-refractivity contribution in [3.05, 3.63) is 46.9 Å². The van der Waals surface area contributed by atoms with E-state index in [2.05, 4.69) is 20.0 Å². The minimum Gasteiger partial charge on any atom is -0.484 e. The SMILES string of the molecule is CCOC(=O)CCc1c(C)nc2ncnn2c1N1CCN(C(=O)COc2cccc(Cl)c2)CC1. The van der Waals surface area contributed by atoms with E-state index < -0.39 is 0 Å². The Labute approximate surface area is 202 Å². The zero-order chi connectivity index (χ0) is 24.1. The number of hydrogen-bond donors (Lipinski definition) is 0. The van der Waals surface area contributed by atoms with Crippen LogP contribution in [-0.4, -0.2) is 75.8 Å². The summed E-state index contributed by atoms with van der Waals surface area (Å²) in [6, 6.07) is 6.98. The molecule has 1 aliphatic heterocycles. The molecule has 0 aliphatic carbocycles. The van der Waals surface area contributed by atoms with Crippen LogP contribution in [0.3, 0.4) is 0 Å². The maximum absolute atomic E-state index is 12.7. The van der Waals surface area contributed by atoms with Gasteiger partial charge in [-0.3, -0.25) is 9.59 Å². The highest BCUT2D eigenvalue weighted by atomic mass is 35.5. The standard InChI is InChI=1S/C23H27ClN6O4/c1-3-33-21(32)8-7-19-16(2)27-23-25-15-26-30(23)22(19)29-11-9-28(10-12-29)20(31)14-34-18-6-4-5-17(24)13-18/h4-6,13,15H,3,7-12,14H2,1-2H3. The third-order valence-electron chi connectivity index (χ3n) is 5.68. The van der Waals surface area contributed by atoms with Gasteiger partial charge in [0.1, 0.15) is 17.9 Å². The summed E-state index contributed by atoms with van der Waals surface area (Å²) in [5, 5.41) is 4.92. The molecule has 0 unspecified atom stereocenters. The van der Waals surface area contributed by atoms with Crippen molar-refractivity contribution in [2.45, 2.75) is 26.7 Å². The molecular weight excluding hydrogens is 460 g/mol. The van der Waals surface area contributed by atoms with Crippen molar-refractivity contribution < 1.29 is 19.1 Å². The van der Waals surface area contributed by atoms with Gasteiger partial charge in [-0.25, -0.2) is 4.98 Å². The van der Waals surface area contributed by atoms with Gasteiger partial charge < -0.3 is 19.3 Å². The van der Waals surface area contributed by atoms with Gasteiger partial charge >= 0.3 is 5.97 Å². The molecule has 1 amide bonds. The first-order valence-electron chi connectivity index (χ1n) is 11.2. The second-order valence-corrected chi connectivity index (χ2v) is 8.33. The highest BCUT2D eigenvalue weighted by Gasteiger charge is 2.26. The van der Waals surface area contributed by atoms with Crippen LogP contribution >= 0.6 is 11.6 Å². The Kier molecular flexibility index (Phi) is 7.46. The molecule has 0 atom stereocenters. The highest BCUT2D eigenvalue weighted by Crippen LogP contribution is 2.26. The third-order valence-corrected chi connectivity index (χ3v) is 5.91. The Morgan fingerprint density at radius 3 is 2.71 bits per heavy atom. The van der Waals surface area contributed by atoms with Gasteiger partial charge in [0, 0.05) is 48.9 Å². The van der Waals surface area contributed by atoms with Crippen molar-refractivity contribution in [2.24, 2.45) is 0 Å². The number of benzene rings is 1. The van der Waals surface area contributed by atoms with Crippen molar-refractivity contribution in [1.82, 2.24) is 24.5 Å². The molecule has 180 valence electrons. The fourth-order valence-electron chi connectivity index (χ4n) is 4.01. The Bertz CT molecular complexity index is 1180. The molecule has 3 heterocycles. The minimum atomic E-state index is -0.248. The quantitative estimate of drug-likeness (QED) is 0.447. The number of nitrogens with zero attached hydrogens (tertiary/aromatic N) is 6. The van der Waals surface area contributed by atoms with E-state index in [1.54, 1.807) is 40.6 Å². The molecule has 1 saturated heterocycles. The smallest absolute Gasteiger partial charge is 0.306 e. The van der Waals surface area contributed by atoms with Gasteiger partial charge in [0.2, 0.25) is 0 Å². The number of ether oxygens (including phenoxy) is 2. The minimum absolute atomic E-state index is 0.0488. The average molecular weight is 487 g/mol. The number of piperazine rings is 1. The molecular formula is C23H27ClN6O4. The first kappa shape index (κ1) is 23.7. The highest BCUT2D eigenvalue weighted by molar-refractivity contribution is 6.30. The van der Waals surface area contributed by atoms with Gasteiger partial charge in [-0.15, -0.1) is 0 Å². The van der Waals surface area contributed by atoms with Crippen LogP contribution in [0.15, 0.2) is 30.6 Å². The van der Waals surface area contributed by atoms with Crippen LogP contribution in [0.25, 0.3) is 5.78 Å². The fourth-order valence-corrected chi connectivity index (χ4v) is 4.19. The van der Waals surface area contributed by atoms with Crippen LogP contribution < -0.4 is 9.64 Å². The van der Waals surface area contributed by atoms with E-state index in [1.807, 2.05) is 6.92 Å². The second kappa shape index (κ2) is 10.7. The maximum atomic E-state index is 12.7. The molecule has 2 aromatic heterocycles. The van der Waals surface area contributed by atoms with Gasteiger partial charge in [0.05, 0.1) is 6.61 Å². The number of esters is 1. The van der Waals surface area contributed by atoms with Crippen molar-refractivity contribution in [2.75, 3.05) is 44.3 Å². The molecule has 10 nitrogen and oxygen atoms in total. The fraction of sp³-hybridized carbons (Fsp3) is 0.435. The number of aromatic nitrogens is 4. The van der Waals surface area contributed by atoms with Crippen molar-refractivity contribution in [3.8, 4) is 5.75 Å². The van der Waals surface area contributed by atoms with Gasteiger partial charge in [0.25, 0.3) is 11.7 Å². The molecule has 0 radical (unpaired) electrons. The summed E-state index contributed by atoms with van der Waals surface area (Å²) in [5.41, 5.74) is 1.73. The third kappa shape index (κ3) is 5.39. The van der Waals surface area contributed by atoms with Crippen LogP contribution in [0.2, 0.25) is 5.02 Å². The Hall–Kier alpha value is -3.40. The monoisotopic (exact) mass is 486 g/mol. The van der Waals surface area contributed by atoms with Crippen molar-refractivity contribution >= 4 is 35.1 Å². The molecule has 4 rings (SSSR count). The number of halogens is 1. The predicted octanol–water partition coefficient (Wildman–Crippen LogP) is 2.31. The lowest BCUT2D eigenvalue weighted by molar-refractivity contribution is -0.143. The summed E-state index contributed by atoms with van der Waals surface area (Å²) in [7, 11) is 0. The second-order valence-electron chi connectivity index (χ2n) is 7.89. The zero-order valence-electron chi connectivity index (χ0n) is 19.2.